The van der Waals surface area contributed by atoms with Crippen LogP contribution in [0.1, 0.15) is 19.8 Å². The van der Waals surface area contributed by atoms with Crippen LogP contribution >= 0.6 is 35.3 Å². The van der Waals surface area contributed by atoms with Crippen molar-refractivity contribution < 1.29 is 0 Å². The third-order valence-corrected chi connectivity index (χ3v) is 5.95. The minimum atomic E-state index is 0.891. The Labute approximate surface area is 82.7 Å². The Bertz CT molecular complexity index is 87.3. The van der Waals surface area contributed by atoms with E-state index in [0.717, 1.165) is 4.58 Å². The maximum absolute atomic E-state index is 2.25. The standard InChI is InChI=1S/C8H16S3/c1-2-9-7-8-10-5-3-4-6-11-8/h8H,2-7H2,1H3. The Balaban J connectivity index is 2.09. The topological polar surface area (TPSA) is 0 Å². The molecule has 0 nitrogen and oxygen atoms in total. The molecule has 0 saturated carbocycles. The quantitative estimate of drug-likeness (QED) is 0.698. The summed E-state index contributed by atoms with van der Waals surface area (Å²) in [5, 5.41) is 0. The molecule has 0 aromatic rings. The summed E-state index contributed by atoms with van der Waals surface area (Å²) in [5.74, 6) is 5.41. The minimum Gasteiger partial charge on any atom is -0.160 e. The molecular weight excluding hydrogens is 192 g/mol. The zero-order chi connectivity index (χ0) is 7.94. The molecule has 1 aliphatic heterocycles. The Morgan fingerprint density at radius 2 is 1.91 bits per heavy atom. The summed E-state index contributed by atoms with van der Waals surface area (Å²) in [5.41, 5.74) is 0. The van der Waals surface area contributed by atoms with Gasteiger partial charge in [-0.05, 0) is 30.1 Å². The van der Waals surface area contributed by atoms with Crippen LogP contribution < -0.4 is 0 Å². The smallest absolute Gasteiger partial charge is 0.0592 e. The summed E-state index contributed by atoms with van der Waals surface area (Å²) < 4.78 is 0.891. The molecule has 0 spiro atoms. The molecule has 0 aromatic heterocycles. The number of hydrogen-bond acceptors (Lipinski definition) is 3. The van der Waals surface area contributed by atoms with E-state index in [4.69, 9.17) is 0 Å². The van der Waals surface area contributed by atoms with Crippen LogP contribution in [0.2, 0.25) is 0 Å². The second-order valence-electron chi connectivity index (χ2n) is 2.54. The zero-order valence-corrected chi connectivity index (χ0v) is 9.49. The summed E-state index contributed by atoms with van der Waals surface area (Å²) in [7, 11) is 0. The Morgan fingerprint density at radius 3 is 2.45 bits per heavy atom. The van der Waals surface area contributed by atoms with Gasteiger partial charge >= 0.3 is 0 Å². The van der Waals surface area contributed by atoms with Crippen LogP contribution in [0.15, 0.2) is 0 Å². The largest absolute Gasteiger partial charge is 0.160 e. The molecule has 1 aliphatic rings. The third-order valence-electron chi connectivity index (χ3n) is 1.60. The van der Waals surface area contributed by atoms with Crippen molar-refractivity contribution in [1.82, 2.24) is 0 Å². The lowest BCUT2D eigenvalue weighted by molar-refractivity contribution is 0.912. The molecule has 0 N–H and O–H groups in total. The van der Waals surface area contributed by atoms with Crippen molar-refractivity contribution in [2.45, 2.75) is 24.3 Å². The van der Waals surface area contributed by atoms with Gasteiger partial charge < -0.3 is 0 Å². The van der Waals surface area contributed by atoms with Crippen LogP contribution in [0.4, 0.5) is 0 Å². The summed E-state index contributed by atoms with van der Waals surface area (Å²) in [6.45, 7) is 2.25. The first kappa shape index (κ1) is 10.1. The number of thioether (sulfide) groups is 3. The fraction of sp³-hybridized carbons (Fsp3) is 1.00. The molecule has 0 aliphatic carbocycles. The van der Waals surface area contributed by atoms with Gasteiger partial charge in [-0.25, -0.2) is 0 Å². The molecular formula is C8H16S3. The van der Waals surface area contributed by atoms with Crippen molar-refractivity contribution in [3.63, 3.8) is 0 Å². The van der Waals surface area contributed by atoms with Crippen molar-refractivity contribution in [3.05, 3.63) is 0 Å². The molecule has 0 unspecified atom stereocenters. The van der Waals surface area contributed by atoms with E-state index in [2.05, 4.69) is 42.2 Å². The van der Waals surface area contributed by atoms with Gasteiger partial charge in [0.05, 0.1) is 4.58 Å². The second kappa shape index (κ2) is 6.55. The summed E-state index contributed by atoms with van der Waals surface area (Å²) in [6, 6.07) is 0. The number of rotatable bonds is 3. The molecule has 1 fully saturated rings. The lowest BCUT2D eigenvalue weighted by Crippen LogP contribution is -2.00. The lowest BCUT2D eigenvalue weighted by Gasteiger charge is -2.11. The van der Waals surface area contributed by atoms with E-state index in [0.29, 0.717) is 0 Å². The highest BCUT2D eigenvalue weighted by Gasteiger charge is 2.11. The average Bonchev–Trinajstić information content (AvgIpc) is 2.28. The van der Waals surface area contributed by atoms with E-state index < -0.39 is 0 Å². The second-order valence-corrected chi connectivity index (χ2v) is 6.78. The molecule has 66 valence electrons. The minimum absolute atomic E-state index is 0.891. The highest BCUT2D eigenvalue weighted by Crippen LogP contribution is 2.31. The van der Waals surface area contributed by atoms with Gasteiger partial charge in [-0.2, -0.15) is 11.8 Å². The molecule has 1 rings (SSSR count). The van der Waals surface area contributed by atoms with E-state index in [9.17, 15) is 0 Å². The molecule has 0 radical (unpaired) electrons. The van der Waals surface area contributed by atoms with E-state index in [-0.39, 0.29) is 0 Å². The van der Waals surface area contributed by atoms with Crippen LogP contribution in [-0.2, 0) is 0 Å². The predicted octanol–water partition coefficient (Wildman–Crippen LogP) is 3.33. The van der Waals surface area contributed by atoms with E-state index >= 15 is 0 Å². The normalized spacial score (nSPS) is 21.5. The highest BCUT2D eigenvalue weighted by molar-refractivity contribution is 8.18. The monoisotopic (exact) mass is 208 g/mol. The van der Waals surface area contributed by atoms with Gasteiger partial charge in [0, 0.05) is 5.75 Å². The summed E-state index contributed by atoms with van der Waals surface area (Å²) in [4.78, 5) is 0. The first-order chi connectivity index (χ1) is 5.43. The van der Waals surface area contributed by atoms with Gasteiger partial charge in [0.25, 0.3) is 0 Å². The maximum atomic E-state index is 2.25. The Morgan fingerprint density at radius 1 is 1.27 bits per heavy atom. The van der Waals surface area contributed by atoms with Gasteiger partial charge in [-0.3, -0.25) is 0 Å². The van der Waals surface area contributed by atoms with Crippen molar-refractivity contribution in [2.24, 2.45) is 0 Å². The molecule has 1 saturated heterocycles. The van der Waals surface area contributed by atoms with E-state index in [1.165, 1.54) is 35.9 Å². The van der Waals surface area contributed by atoms with Crippen LogP contribution in [-0.4, -0.2) is 27.6 Å². The summed E-state index contributed by atoms with van der Waals surface area (Å²) in [6.07, 6.45) is 2.87. The maximum Gasteiger partial charge on any atom is 0.0592 e. The Hall–Kier alpha value is 1.05. The van der Waals surface area contributed by atoms with Gasteiger partial charge in [-0.15, -0.1) is 23.5 Å². The fourth-order valence-electron chi connectivity index (χ4n) is 0.992. The summed E-state index contributed by atoms with van der Waals surface area (Å²) >= 11 is 6.41. The first-order valence-electron chi connectivity index (χ1n) is 4.24. The van der Waals surface area contributed by atoms with Gasteiger partial charge in [0.15, 0.2) is 0 Å². The zero-order valence-electron chi connectivity index (χ0n) is 7.04. The molecule has 11 heavy (non-hydrogen) atoms. The van der Waals surface area contributed by atoms with E-state index in [1.54, 1.807) is 0 Å². The predicted molar refractivity (Wildman–Crippen MR) is 60.9 cm³/mol. The van der Waals surface area contributed by atoms with Crippen LogP contribution in [0, 0.1) is 0 Å². The average molecular weight is 208 g/mol. The van der Waals surface area contributed by atoms with Crippen molar-refractivity contribution in [1.29, 1.82) is 0 Å². The number of hydrogen-bond donors (Lipinski definition) is 0. The van der Waals surface area contributed by atoms with Crippen molar-refractivity contribution in [2.75, 3.05) is 23.0 Å². The van der Waals surface area contributed by atoms with Gasteiger partial charge in [0.1, 0.15) is 0 Å². The van der Waals surface area contributed by atoms with Crippen molar-refractivity contribution in [3.8, 4) is 0 Å². The highest BCUT2D eigenvalue weighted by atomic mass is 32.2. The third kappa shape index (κ3) is 4.58. The molecule has 0 bridgehead atoms. The van der Waals surface area contributed by atoms with Crippen LogP contribution in [0.25, 0.3) is 0 Å². The van der Waals surface area contributed by atoms with Crippen LogP contribution in [0.3, 0.4) is 0 Å². The first-order valence-corrected chi connectivity index (χ1v) is 7.49. The Kier molecular flexibility index (Phi) is 6.04. The van der Waals surface area contributed by atoms with Gasteiger partial charge in [0.2, 0.25) is 0 Å². The fourth-order valence-corrected chi connectivity index (χ4v) is 5.00. The van der Waals surface area contributed by atoms with Gasteiger partial charge in [-0.1, -0.05) is 6.92 Å². The molecule has 0 atom stereocenters. The molecule has 3 heteroatoms. The van der Waals surface area contributed by atoms with E-state index in [1.807, 2.05) is 0 Å². The lowest BCUT2D eigenvalue weighted by atomic mass is 10.4. The molecule has 0 aromatic carbocycles. The SMILES string of the molecule is CCSCC1SCCCCS1. The van der Waals surface area contributed by atoms with Crippen LogP contribution in [0.5, 0.6) is 0 Å². The van der Waals surface area contributed by atoms with Crippen molar-refractivity contribution >= 4 is 35.3 Å². The molecule has 0 amide bonds. The molecule has 1 heterocycles.